The minimum Gasteiger partial charge on any atom is -0.500 e. The van der Waals surface area contributed by atoms with Gasteiger partial charge >= 0.3 is 17.6 Å². The summed E-state index contributed by atoms with van der Waals surface area (Å²) in [6.07, 6.45) is 0. The highest BCUT2D eigenvalue weighted by atomic mass is 16.6. The Morgan fingerprint density at radius 1 is 1.07 bits per heavy atom. The molecule has 0 radical (unpaired) electrons. The summed E-state index contributed by atoms with van der Waals surface area (Å²) in [6, 6.07) is 2.41. The van der Waals surface area contributed by atoms with Crippen LogP contribution in [0.4, 0.5) is 5.69 Å². The summed E-state index contributed by atoms with van der Waals surface area (Å²) in [7, 11) is 3.60. The van der Waals surface area contributed by atoms with E-state index >= 15 is 0 Å². The lowest BCUT2D eigenvalue weighted by Crippen LogP contribution is -2.32. The van der Waals surface area contributed by atoms with E-state index in [0.717, 1.165) is 6.07 Å². The van der Waals surface area contributed by atoms with Gasteiger partial charge in [0.05, 0.1) is 43.3 Å². The minimum atomic E-state index is -1.03. The highest BCUT2D eigenvalue weighted by Crippen LogP contribution is 2.45. The average molecular weight is 392 g/mol. The second-order valence-corrected chi connectivity index (χ2v) is 5.97. The number of hydrogen-bond donors (Lipinski definition) is 2. The van der Waals surface area contributed by atoms with Crippen LogP contribution in [0.15, 0.2) is 34.7 Å². The van der Waals surface area contributed by atoms with E-state index in [1.165, 1.54) is 27.4 Å². The Labute approximate surface area is 160 Å². The molecule has 1 aliphatic heterocycles. The van der Waals surface area contributed by atoms with Crippen LogP contribution in [0.25, 0.3) is 0 Å². The van der Waals surface area contributed by atoms with Crippen LogP contribution in [-0.2, 0) is 19.1 Å². The molecule has 0 spiro atoms. The van der Waals surface area contributed by atoms with E-state index in [2.05, 4.69) is 5.32 Å². The molecule has 0 aliphatic carbocycles. The van der Waals surface area contributed by atoms with Gasteiger partial charge in [-0.15, -0.1) is 0 Å². The van der Waals surface area contributed by atoms with E-state index < -0.39 is 34.2 Å². The maximum absolute atomic E-state index is 12.5. The van der Waals surface area contributed by atoms with Crippen molar-refractivity contribution in [2.75, 3.05) is 21.3 Å². The molecule has 0 atom stereocenters. The first kappa shape index (κ1) is 20.7. The van der Waals surface area contributed by atoms with Crippen LogP contribution in [0.2, 0.25) is 0 Å². The molecule has 28 heavy (non-hydrogen) atoms. The molecular weight excluding hydrogens is 372 g/mol. The molecule has 0 saturated carbocycles. The number of benzene rings is 1. The summed E-state index contributed by atoms with van der Waals surface area (Å²) in [5.41, 5.74) is 0.540. The Bertz CT molecular complexity index is 878. The molecule has 0 fully saturated rings. The Hall–Kier alpha value is -3.56. The third-order valence-corrected chi connectivity index (χ3v) is 4.40. The topological polar surface area (TPSA) is 137 Å². The number of phenolic OH excluding ortho intramolecular Hbond substituents is 1. The van der Waals surface area contributed by atoms with Crippen LogP contribution in [0.1, 0.15) is 25.3 Å². The third kappa shape index (κ3) is 3.48. The molecule has 0 unspecified atom stereocenters. The zero-order valence-corrected chi connectivity index (χ0v) is 16.0. The van der Waals surface area contributed by atoms with Gasteiger partial charge in [-0.05, 0) is 25.5 Å². The van der Waals surface area contributed by atoms with Crippen LogP contribution in [0.5, 0.6) is 11.5 Å². The largest absolute Gasteiger partial charge is 0.500 e. The quantitative estimate of drug-likeness (QED) is 0.437. The van der Waals surface area contributed by atoms with Gasteiger partial charge in [0, 0.05) is 17.5 Å². The van der Waals surface area contributed by atoms with Crippen molar-refractivity contribution in [3.05, 3.63) is 50.4 Å². The van der Waals surface area contributed by atoms with Gasteiger partial charge in [-0.1, -0.05) is 0 Å². The zero-order valence-electron chi connectivity index (χ0n) is 16.0. The van der Waals surface area contributed by atoms with Gasteiger partial charge in [-0.25, -0.2) is 9.59 Å². The number of nitrogens with one attached hydrogen (secondary N) is 1. The number of methoxy groups -OCH3 is 3. The third-order valence-electron chi connectivity index (χ3n) is 4.40. The number of phenols is 1. The summed E-state index contributed by atoms with van der Waals surface area (Å²) in [5, 5.41) is 24.3. The molecule has 2 N–H and O–H groups in total. The van der Waals surface area contributed by atoms with E-state index in [4.69, 9.17) is 14.2 Å². The Morgan fingerprint density at radius 3 is 1.96 bits per heavy atom. The van der Waals surface area contributed by atoms with Gasteiger partial charge in [-0.2, -0.15) is 0 Å². The number of carbonyl (C=O) groups excluding carboxylic acids is 2. The summed E-state index contributed by atoms with van der Waals surface area (Å²) < 4.78 is 14.7. The van der Waals surface area contributed by atoms with Crippen molar-refractivity contribution in [2.45, 2.75) is 19.8 Å². The van der Waals surface area contributed by atoms with Crippen molar-refractivity contribution in [2.24, 2.45) is 0 Å². The number of allylic oxidation sites excluding steroid dienone is 2. The lowest BCUT2D eigenvalue weighted by atomic mass is 9.80. The molecular formula is C18H20N2O8. The van der Waals surface area contributed by atoms with Crippen molar-refractivity contribution in [1.82, 2.24) is 5.32 Å². The van der Waals surface area contributed by atoms with Gasteiger partial charge in [0.25, 0.3) is 0 Å². The number of hydrogen-bond acceptors (Lipinski definition) is 9. The van der Waals surface area contributed by atoms with Crippen molar-refractivity contribution < 1.29 is 33.8 Å². The summed E-state index contributed by atoms with van der Waals surface area (Å²) in [4.78, 5) is 35.5. The van der Waals surface area contributed by atoms with Crippen LogP contribution >= 0.6 is 0 Å². The predicted molar refractivity (Wildman–Crippen MR) is 96.6 cm³/mol. The molecule has 0 aromatic heterocycles. The molecule has 0 bridgehead atoms. The number of esters is 2. The van der Waals surface area contributed by atoms with E-state index in [-0.39, 0.29) is 22.5 Å². The Kier molecular flexibility index (Phi) is 5.92. The minimum absolute atomic E-state index is 0.0792. The maximum atomic E-state index is 12.5. The number of ether oxygens (including phenoxy) is 3. The number of nitro groups is 1. The fourth-order valence-electron chi connectivity index (χ4n) is 3.16. The summed E-state index contributed by atoms with van der Waals surface area (Å²) in [5.74, 6) is -3.32. The zero-order chi connectivity index (χ0) is 21.2. The summed E-state index contributed by atoms with van der Waals surface area (Å²) in [6.45, 7) is 3.23. The molecule has 10 heteroatoms. The maximum Gasteiger partial charge on any atom is 0.336 e. The second kappa shape index (κ2) is 7.99. The van der Waals surface area contributed by atoms with Crippen molar-refractivity contribution in [3.8, 4) is 11.5 Å². The monoisotopic (exact) mass is 392 g/mol. The lowest BCUT2D eigenvalue weighted by molar-refractivity contribution is -0.386. The molecule has 1 aromatic carbocycles. The van der Waals surface area contributed by atoms with Crippen LogP contribution < -0.4 is 10.1 Å². The van der Waals surface area contributed by atoms with Gasteiger partial charge in [0.2, 0.25) is 5.75 Å². The average Bonchev–Trinajstić information content (AvgIpc) is 2.66. The highest BCUT2D eigenvalue weighted by Gasteiger charge is 2.39. The van der Waals surface area contributed by atoms with Crippen molar-refractivity contribution in [3.63, 3.8) is 0 Å². The SMILES string of the molecule is COC(=O)C1=C(C)NC(C)=C(C(=O)OC)C1c1cc(OC)c(O)c([N+](=O)[O-])c1. The molecule has 1 heterocycles. The molecule has 10 nitrogen and oxygen atoms in total. The van der Waals surface area contributed by atoms with Crippen LogP contribution in [0.3, 0.4) is 0 Å². The Balaban J connectivity index is 2.86. The number of aromatic hydroxyl groups is 1. The number of nitro benzene ring substituents is 1. The first-order valence-corrected chi connectivity index (χ1v) is 8.08. The smallest absolute Gasteiger partial charge is 0.336 e. The van der Waals surface area contributed by atoms with Crippen LogP contribution in [-0.4, -0.2) is 43.3 Å². The standard InChI is InChI=1S/C18H20N2O8/c1-8-13(17(22)27-4)15(14(9(2)19-8)18(23)28-5)10-6-11(20(24)25)16(21)12(7-10)26-3/h6-7,15,19,21H,1-5H3. The van der Waals surface area contributed by atoms with Gasteiger partial charge in [-0.3, -0.25) is 10.1 Å². The number of carbonyl (C=O) groups is 2. The highest BCUT2D eigenvalue weighted by molar-refractivity contribution is 6.00. The first-order valence-electron chi connectivity index (χ1n) is 8.08. The van der Waals surface area contributed by atoms with Crippen molar-refractivity contribution in [1.29, 1.82) is 0 Å². The molecule has 2 rings (SSSR count). The molecule has 150 valence electrons. The molecule has 1 aliphatic rings. The van der Waals surface area contributed by atoms with Crippen LogP contribution in [0, 0.1) is 10.1 Å². The number of rotatable bonds is 5. The fourth-order valence-corrected chi connectivity index (χ4v) is 3.16. The lowest BCUT2D eigenvalue weighted by Gasteiger charge is -2.30. The Morgan fingerprint density at radius 2 is 1.57 bits per heavy atom. The normalized spacial score (nSPS) is 14.5. The van der Waals surface area contributed by atoms with E-state index in [0.29, 0.717) is 11.4 Å². The molecule has 0 amide bonds. The molecule has 1 aromatic rings. The fraction of sp³-hybridized carbons (Fsp3) is 0.333. The van der Waals surface area contributed by atoms with Crippen molar-refractivity contribution >= 4 is 17.6 Å². The van der Waals surface area contributed by atoms with Gasteiger partial charge < -0.3 is 24.6 Å². The number of dihydropyridines is 1. The van der Waals surface area contributed by atoms with E-state index in [1.54, 1.807) is 13.8 Å². The molecule has 0 saturated heterocycles. The predicted octanol–water partition coefficient (Wildman–Crippen LogP) is 1.89. The van der Waals surface area contributed by atoms with Gasteiger partial charge in [0.15, 0.2) is 5.75 Å². The van der Waals surface area contributed by atoms with Gasteiger partial charge in [0.1, 0.15) is 0 Å². The van der Waals surface area contributed by atoms with E-state index in [1.807, 2.05) is 0 Å². The van der Waals surface area contributed by atoms with E-state index in [9.17, 15) is 24.8 Å². The number of nitrogens with zero attached hydrogens (tertiary/aromatic N) is 1. The summed E-state index contributed by atoms with van der Waals surface area (Å²) >= 11 is 0. The second-order valence-electron chi connectivity index (χ2n) is 5.97. The first-order chi connectivity index (χ1) is 13.2.